The number of rotatable bonds is 11. The van der Waals surface area contributed by atoms with E-state index in [1.807, 2.05) is 6.07 Å². The topological polar surface area (TPSA) is 91.3 Å². The van der Waals surface area contributed by atoms with Gasteiger partial charge >= 0.3 is 0 Å². The summed E-state index contributed by atoms with van der Waals surface area (Å²) < 4.78 is 11.2. The number of β-amino-alcohol motifs (C(OH)–C–C–N with tert-alkyl or cyclic N) is 1. The Labute approximate surface area is 186 Å². The average Bonchev–Trinajstić information content (AvgIpc) is 3.17. The lowest BCUT2D eigenvalue weighted by molar-refractivity contribution is -0.123. The minimum absolute atomic E-state index is 0. The molecular formula is C24H40N2O5. The van der Waals surface area contributed by atoms with Crippen molar-refractivity contribution in [3.63, 3.8) is 0 Å². The molecule has 3 atom stereocenters. The van der Waals surface area contributed by atoms with Gasteiger partial charge < -0.3 is 25.0 Å². The summed E-state index contributed by atoms with van der Waals surface area (Å²) in [6.45, 7) is 5.00. The number of carbonyl (C=O) groups is 1. The standard InChI is InChI=1S/C23H36N2O5.CH4/c1-2-3-4-5-6-7-22(27)24-19(16-25-11-10-18(26)15-25)23(28)17-8-9-20-21(14-17)30-13-12-29-20;/h8-9,14,18-19,23,26,28H,2-7,10-13,15-16H2,1H3,(H,24,27);1H4/t18-,19-,23+;/m1./s1. The van der Waals surface area contributed by atoms with Gasteiger partial charge in [0.15, 0.2) is 11.5 Å². The first kappa shape index (κ1) is 25.4. The van der Waals surface area contributed by atoms with Gasteiger partial charge in [-0.2, -0.15) is 0 Å². The smallest absolute Gasteiger partial charge is 0.220 e. The number of amides is 1. The number of unbranched alkanes of at least 4 members (excludes halogenated alkanes) is 4. The second kappa shape index (κ2) is 12.9. The van der Waals surface area contributed by atoms with Gasteiger partial charge in [0, 0.05) is 26.1 Å². The van der Waals surface area contributed by atoms with E-state index in [0.717, 1.165) is 32.2 Å². The van der Waals surface area contributed by atoms with E-state index in [9.17, 15) is 15.0 Å². The van der Waals surface area contributed by atoms with Crippen LogP contribution in [0.2, 0.25) is 0 Å². The maximum absolute atomic E-state index is 12.6. The summed E-state index contributed by atoms with van der Waals surface area (Å²) in [7, 11) is 0. The number of aliphatic hydroxyl groups excluding tert-OH is 2. The van der Waals surface area contributed by atoms with Crippen molar-refractivity contribution in [3.05, 3.63) is 23.8 Å². The van der Waals surface area contributed by atoms with E-state index in [0.29, 0.717) is 49.8 Å². The van der Waals surface area contributed by atoms with E-state index in [1.54, 1.807) is 12.1 Å². The highest BCUT2D eigenvalue weighted by molar-refractivity contribution is 5.76. The Morgan fingerprint density at radius 3 is 2.65 bits per heavy atom. The van der Waals surface area contributed by atoms with E-state index in [2.05, 4.69) is 17.1 Å². The van der Waals surface area contributed by atoms with E-state index >= 15 is 0 Å². The van der Waals surface area contributed by atoms with Gasteiger partial charge in [-0.25, -0.2) is 0 Å². The molecule has 1 amide bonds. The molecule has 7 nitrogen and oxygen atoms in total. The molecule has 31 heavy (non-hydrogen) atoms. The zero-order valence-electron chi connectivity index (χ0n) is 18.0. The van der Waals surface area contributed by atoms with E-state index in [1.165, 1.54) is 12.8 Å². The molecule has 1 saturated heterocycles. The van der Waals surface area contributed by atoms with Crippen LogP contribution in [0.4, 0.5) is 0 Å². The SMILES string of the molecule is C.CCCCCCCC(=O)N[C@H](CN1CC[C@@H](O)C1)[C@@H](O)c1ccc2c(c1)OCCO2. The third kappa shape index (κ3) is 7.66. The quantitative estimate of drug-likeness (QED) is 0.462. The van der Waals surface area contributed by atoms with Crippen LogP contribution < -0.4 is 14.8 Å². The van der Waals surface area contributed by atoms with Crippen molar-refractivity contribution in [1.29, 1.82) is 0 Å². The lowest BCUT2D eigenvalue weighted by atomic mass is 10.0. The lowest BCUT2D eigenvalue weighted by Gasteiger charge is -2.29. The van der Waals surface area contributed by atoms with Gasteiger partial charge in [0.2, 0.25) is 5.91 Å². The van der Waals surface area contributed by atoms with Crippen molar-refractivity contribution in [2.45, 2.75) is 77.5 Å². The molecule has 2 aliphatic heterocycles. The van der Waals surface area contributed by atoms with Crippen LogP contribution in [0.3, 0.4) is 0 Å². The Morgan fingerprint density at radius 2 is 1.94 bits per heavy atom. The highest BCUT2D eigenvalue weighted by Gasteiger charge is 2.29. The molecule has 1 aromatic carbocycles. The largest absolute Gasteiger partial charge is 0.486 e. The molecule has 0 aliphatic carbocycles. The summed E-state index contributed by atoms with van der Waals surface area (Å²) >= 11 is 0. The fraction of sp³-hybridized carbons (Fsp3) is 0.708. The Morgan fingerprint density at radius 1 is 1.19 bits per heavy atom. The van der Waals surface area contributed by atoms with Crippen LogP contribution >= 0.6 is 0 Å². The third-order valence-electron chi connectivity index (χ3n) is 5.85. The number of nitrogens with zero attached hydrogens (tertiary/aromatic N) is 1. The van der Waals surface area contributed by atoms with Crippen molar-refractivity contribution in [1.82, 2.24) is 10.2 Å². The van der Waals surface area contributed by atoms with Gasteiger partial charge in [0.1, 0.15) is 19.3 Å². The molecule has 1 aromatic rings. The summed E-state index contributed by atoms with van der Waals surface area (Å²) in [5.74, 6) is 1.26. The third-order valence-corrected chi connectivity index (χ3v) is 5.85. The van der Waals surface area contributed by atoms with Crippen LogP contribution in [-0.4, -0.2) is 66.0 Å². The Hall–Kier alpha value is -1.83. The van der Waals surface area contributed by atoms with Crippen molar-refractivity contribution in [2.75, 3.05) is 32.8 Å². The number of benzene rings is 1. The maximum Gasteiger partial charge on any atom is 0.220 e. The van der Waals surface area contributed by atoms with Crippen LogP contribution in [-0.2, 0) is 4.79 Å². The first-order valence-electron chi connectivity index (χ1n) is 11.3. The van der Waals surface area contributed by atoms with Crippen molar-refractivity contribution in [2.24, 2.45) is 0 Å². The van der Waals surface area contributed by atoms with Gasteiger partial charge in [0.05, 0.1) is 12.1 Å². The summed E-state index contributed by atoms with van der Waals surface area (Å²) in [6.07, 6.45) is 5.42. The van der Waals surface area contributed by atoms with Crippen LogP contribution in [0.1, 0.15) is 71.0 Å². The number of hydrogen-bond donors (Lipinski definition) is 3. The molecule has 3 N–H and O–H groups in total. The Kier molecular flexibility index (Phi) is 10.6. The molecule has 0 aromatic heterocycles. The molecule has 0 bridgehead atoms. The van der Waals surface area contributed by atoms with Gasteiger partial charge in [-0.15, -0.1) is 0 Å². The molecule has 1 fully saturated rings. The number of likely N-dealkylation sites (tertiary alicyclic amines) is 1. The number of nitrogens with one attached hydrogen (secondary N) is 1. The Balaban J connectivity index is 0.00000341. The van der Waals surface area contributed by atoms with Crippen LogP contribution in [0.5, 0.6) is 11.5 Å². The van der Waals surface area contributed by atoms with Crippen molar-refractivity contribution < 1.29 is 24.5 Å². The van der Waals surface area contributed by atoms with E-state index in [4.69, 9.17) is 9.47 Å². The first-order valence-corrected chi connectivity index (χ1v) is 11.3. The van der Waals surface area contributed by atoms with Crippen LogP contribution in [0.15, 0.2) is 18.2 Å². The molecule has 0 unspecified atom stereocenters. The molecule has 0 saturated carbocycles. The van der Waals surface area contributed by atoms with E-state index in [-0.39, 0.29) is 19.4 Å². The zero-order chi connectivity index (χ0) is 21.3. The second-order valence-corrected chi connectivity index (χ2v) is 8.39. The molecule has 2 heterocycles. The van der Waals surface area contributed by atoms with Gasteiger partial charge in [-0.3, -0.25) is 9.69 Å². The molecule has 7 heteroatoms. The molecule has 3 rings (SSSR count). The van der Waals surface area contributed by atoms with Gasteiger partial charge in [0.25, 0.3) is 0 Å². The second-order valence-electron chi connectivity index (χ2n) is 8.39. The lowest BCUT2D eigenvalue weighted by Crippen LogP contribution is -2.47. The first-order chi connectivity index (χ1) is 14.6. The highest BCUT2D eigenvalue weighted by atomic mass is 16.6. The fourth-order valence-corrected chi connectivity index (χ4v) is 4.12. The van der Waals surface area contributed by atoms with Crippen molar-refractivity contribution in [3.8, 4) is 11.5 Å². The number of fused-ring (bicyclic) bond motifs is 1. The Bertz CT molecular complexity index is 684. The number of carbonyl (C=O) groups excluding carboxylic acids is 1. The minimum Gasteiger partial charge on any atom is -0.486 e. The van der Waals surface area contributed by atoms with E-state index < -0.39 is 12.1 Å². The summed E-state index contributed by atoms with van der Waals surface area (Å²) in [5.41, 5.74) is 0.687. The number of hydrogen-bond acceptors (Lipinski definition) is 6. The summed E-state index contributed by atoms with van der Waals surface area (Å²) in [4.78, 5) is 14.7. The predicted octanol–water partition coefficient (Wildman–Crippen LogP) is 3.04. The average molecular weight is 437 g/mol. The fourth-order valence-electron chi connectivity index (χ4n) is 4.12. The molecular weight excluding hydrogens is 396 g/mol. The minimum atomic E-state index is -0.873. The molecule has 2 aliphatic rings. The summed E-state index contributed by atoms with van der Waals surface area (Å²) in [5, 5.41) is 24.0. The zero-order valence-corrected chi connectivity index (χ0v) is 18.0. The van der Waals surface area contributed by atoms with Gasteiger partial charge in [-0.1, -0.05) is 46.1 Å². The van der Waals surface area contributed by atoms with Crippen molar-refractivity contribution >= 4 is 5.91 Å². The number of aliphatic hydroxyl groups is 2. The monoisotopic (exact) mass is 436 g/mol. The molecule has 176 valence electrons. The normalized spacial score (nSPS) is 20.0. The number of ether oxygens (including phenoxy) is 2. The molecule has 0 spiro atoms. The maximum atomic E-state index is 12.6. The molecule has 0 radical (unpaired) electrons. The van der Waals surface area contributed by atoms with Crippen LogP contribution in [0.25, 0.3) is 0 Å². The van der Waals surface area contributed by atoms with Gasteiger partial charge in [-0.05, 0) is 30.5 Å². The highest BCUT2D eigenvalue weighted by Crippen LogP contribution is 2.33. The summed E-state index contributed by atoms with van der Waals surface area (Å²) in [6, 6.07) is 4.96. The van der Waals surface area contributed by atoms with Crippen LogP contribution in [0, 0.1) is 0 Å². The predicted molar refractivity (Wildman–Crippen MR) is 121 cm³/mol.